The number of rotatable bonds is 34. The van der Waals surface area contributed by atoms with Crippen molar-refractivity contribution in [2.75, 3.05) is 13.2 Å². The molecular formula is C40H79NO8. The average molecular weight is 702 g/mol. The van der Waals surface area contributed by atoms with Crippen LogP contribution in [0.1, 0.15) is 194 Å². The highest BCUT2D eigenvalue weighted by molar-refractivity contribution is 5.76. The van der Waals surface area contributed by atoms with E-state index in [1.165, 1.54) is 128 Å². The number of unbranched alkanes of at least 4 members (excludes halogenated alkanes) is 24. The van der Waals surface area contributed by atoms with Gasteiger partial charge in [0.2, 0.25) is 5.91 Å². The summed E-state index contributed by atoms with van der Waals surface area (Å²) in [6, 6.07) is -0.709. The summed E-state index contributed by atoms with van der Waals surface area (Å²) < 4.78 is 11.2. The number of ether oxygens (including phenoxy) is 2. The zero-order valence-corrected chi connectivity index (χ0v) is 31.7. The molecule has 0 aliphatic carbocycles. The van der Waals surface area contributed by atoms with Crippen LogP contribution >= 0.6 is 0 Å². The van der Waals surface area contributed by atoms with Crippen LogP contribution in [0.2, 0.25) is 0 Å². The summed E-state index contributed by atoms with van der Waals surface area (Å²) in [5.41, 5.74) is 0. The molecule has 292 valence electrons. The fraction of sp³-hybridized carbons (Fsp3) is 0.975. The van der Waals surface area contributed by atoms with Gasteiger partial charge >= 0.3 is 0 Å². The molecule has 0 saturated carbocycles. The van der Waals surface area contributed by atoms with E-state index in [-0.39, 0.29) is 12.5 Å². The highest BCUT2D eigenvalue weighted by Gasteiger charge is 2.44. The van der Waals surface area contributed by atoms with Crippen LogP contribution < -0.4 is 5.32 Å². The van der Waals surface area contributed by atoms with Crippen molar-refractivity contribution < 1.29 is 39.8 Å². The number of carbonyl (C=O) groups is 1. The van der Waals surface area contributed by atoms with Crippen molar-refractivity contribution in [1.29, 1.82) is 0 Å². The number of nitrogens with one attached hydrogen (secondary N) is 1. The fourth-order valence-electron chi connectivity index (χ4n) is 6.81. The van der Waals surface area contributed by atoms with Gasteiger partial charge < -0.3 is 40.3 Å². The first-order chi connectivity index (χ1) is 23.8. The Kier molecular flexibility index (Phi) is 30.1. The van der Waals surface area contributed by atoms with Gasteiger partial charge in [-0.05, 0) is 12.8 Å². The molecule has 9 nitrogen and oxygen atoms in total. The molecule has 0 aromatic rings. The maximum absolute atomic E-state index is 12.9. The molecule has 1 aliphatic heterocycles. The zero-order valence-electron chi connectivity index (χ0n) is 31.7. The quantitative estimate of drug-likeness (QED) is 0.0376. The minimum Gasteiger partial charge on any atom is -0.394 e. The molecule has 0 aromatic carbocycles. The van der Waals surface area contributed by atoms with Crippen molar-refractivity contribution in [2.45, 2.75) is 236 Å². The van der Waals surface area contributed by atoms with Gasteiger partial charge in [0, 0.05) is 6.42 Å². The lowest BCUT2D eigenvalue weighted by Gasteiger charge is -2.40. The summed E-state index contributed by atoms with van der Waals surface area (Å²) in [6.07, 6.45) is 25.3. The Hall–Kier alpha value is -0.810. The molecule has 6 N–H and O–H groups in total. The first kappa shape index (κ1) is 46.2. The SMILES string of the molecule is CCCCCCCCCCCCCCCCC[C@@H](O)[C@H](CO[C@@H]1O[C@H](CO)[C@H](O)C(O)C1O)NC(=O)CCCCCCCCCCCCC. The van der Waals surface area contributed by atoms with Crippen LogP contribution in [0.15, 0.2) is 0 Å². The van der Waals surface area contributed by atoms with Crippen molar-refractivity contribution in [3.8, 4) is 0 Å². The number of carbonyl (C=O) groups excluding carboxylic acids is 1. The van der Waals surface area contributed by atoms with E-state index >= 15 is 0 Å². The van der Waals surface area contributed by atoms with Crippen molar-refractivity contribution in [3.63, 3.8) is 0 Å². The molecule has 0 bridgehead atoms. The summed E-state index contributed by atoms with van der Waals surface area (Å²) >= 11 is 0. The molecule has 1 saturated heterocycles. The Morgan fingerprint density at radius 1 is 0.612 bits per heavy atom. The molecule has 2 unspecified atom stereocenters. The van der Waals surface area contributed by atoms with Gasteiger partial charge in [-0.1, -0.05) is 174 Å². The standard InChI is InChI=1S/C40H79NO8/c1-3-5-7-9-11-13-15-16-17-18-20-21-23-25-27-29-34(43)33(32-48-40-39(47)38(46)37(45)35(31-42)49-40)41-36(44)30-28-26-24-22-19-14-12-10-8-6-4-2/h33-35,37-40,42-43,45-47H,3-32H2,1-2H3,(H,41,44)/t33-,34+,35+,37-,38?,39?,40+/m0/s1. The van der Waals surface area contributed by atoms with Crippen LogP contribution in [0.5, 0.6) is 0 Å². The maximum Gasteiger partial charge on any atom is 0.220 e. The maximum atomic E-state index is 12.9. The van der Waals surface area contributed by atoms with Crippen molar-refractivity contribution in [3.05, 3.63) is 0 Å². The summed E-state index contributed by atoms with van der Waals surface area (Å²) in [4.78, 5) is 12.9. The number of aliphatic hydroxyl groups excluding tert-OH is 5. The largest absolute Gasteiger partial charge is 0.394 e. The molecule has 0 spiro atoms. The van der Waals surface area contributed by atoms with Crippen LogP contribution in [0, 0.1) is 0 Å². The van der Waals surface area contributed by atoms with E-state index in [4.69, 9.17) is 9.47 Å². The Labute approximate surface area is 300 Å². The van der Waals surface area contributed by atoms with Gasteiger partial charge in [-0.2, -0.15) is 0 Å². The first-order valence-electron chi connectivity index (χ1n) is 20.7. The van der Waals surface area contributed by atoms with E-state index in [0.29, 0.717) is 12.8 Å². The topological polar surface area (TPSA) is 149 Å². The van der Waals surface area contributed by atoms with E-state index in [9.17, 15) is 30.3 Å². The lowest BCUT2D eigenvalue weighted by atomic mass is 9.99. The number of hydrogen-bond acceptors (Lipinski definition) is 8. The van der Waals surface area contributed by atoms with Crippen molar-refractivity contribution in [1.82, 2.24) is 5.32 Å². The summed E-state index contributed by atoms with van der Waals surface area (Å²) in [7, 11) is 0. The van der Waals surface area contributed by atoms with Gasteiger partial charge in [0.1, 0.15) is 24.4 Å². The lowest BCUT2D eigenvalue weighted by molar-refractivity contribution is -0.302. The van der Waals surface area contributed by atoms with Crippen LogP contribution in [-0.2, 0) is 14.3 Å². The van der Waals surface area contributed by atoms with Crippen LogP contribution in [0.3, 0.4) is 0 Å². The second-order valence-corrected chi connectivity index (χ2v) is 14.8. The molecule has 7 atom stereocenters. The molecule has 1 fully saturated rings. The van der Waals surface area contributed by atoms with E-state index < -0.39 is 49.5 Å². The fourth-order valence-corrected chi connectivity index (χ4v) is 6.81. The third-order valence-corrected chi connectivity index (χ3v) is 10.2. The molecule has 49 heavy (non-hydrogen) atoms. The first-order valence-corrected chi connectivity index (χ1v) is 20.7. The molecule has 0 aromatic heterocycles. The molecule has 1 rings (SSSR count). The Bertz CT molecular complexity index is 741. The Morgan fingerprint density at radius 2 is 1.02 bits per heavy atom. The van der Waals surface area contributed by atoms with Crippen LogP contribution in [0.4, 0.5) is 0 Å². The lowest BCUT2D eigenvalue weighted by Crippen LogP contribution is -2.60. The van der Waals surface area contributed by atoms with E-state index in [1.807, 2.05) is 0 Å². The third kappa shape index (κ3) is 23.4. The van der Waals surface area contributed by atoms with Crippen molar-refractivity contribution in [2.24, 2.45) is 0 Å². The summed E-state index contributed by atoms with van der Waals surface area (Å²) in [5, 5.41) is 54.1. The van der Waals surface area contributed by atoms with E-state index in [1.54, 1.807) is 0 Å². The second-order valence-electron chi connectivity index (χ2n) is 14.8. The Morgan fingerprint density at radius 3 is 1.45 bits per heavy atom. The molecule has 1 amide bonds. The molecule has 0 radical (unpaired) electrons. The smallest absolute Gasteiger partial charge is 0.220 e. The molecule has 1 heterocycles. The molecular weight excluding hydrogens is 622 g/mol. The summed E-state index contributed by atoms with van der Waals surface area (Å²) in [5.74, 6) is -0.145. The normalized spacial score (nSPS) is 22.3. The number of amides is 1. The summed E-state index contributed by atoms with van der Waals surface area (Å²) in [6.45, 7) is 3.82. The van der Waals surface area contributed by atoms with E-state index in [0.717, 1.165) is 38.5 Å². The van der Waals surface area contributed by atoms with Gasteiger partial charge in [-0.3, -0.25) is 4.79 Å². The molecule has 1 aliphatic rings. The minimum atomic E-state index is -1.55. The van der Waals surface area contributed by atoms with Gasteiger partial charge in [0.05, 0.1) is 25.4 Å². The van der Waals surface area contributed by atoms with Crippen molar-refractivity contribution >= 4 is 5.91 Å². The average Bonchev–Trinajstić information content (AvgIpc) is 3.10. The van der Waals surface area contributed by atoms with Gasteiger partial charge in [-0.15, -0.1) is 0 Å². The number of hydrogen-bond donors (Lipinski definition) is 6. The minimum absolute atomic E-state index is 0.132. The zero-order chi connectivity index (χ0) is 36.0. The Balaban J connectivity index is 2.37. The van der Waals surface area contributed by atoms with Crippen LogP contribution in [0.25, 0.3) is 0 Å². The van der Waals surface area contributed by atoms with Crippen LogP contribution in [-0.4, -0.2) is 87.5 Å². The highest BCUT2D eigenvalue weighted by Crippen LogP contribution is 2.23. The van der Waals surface area contributed by atoms with E-state index in [2.05, 4.69) is 19.2 Å². The predicted molar refractivity (Wildman–Crippen MR) is 198 cm³/mol. The molecule has 9 heteroatoms. The monoisotopic (exact) mass is 702 g/mol. The second kappa shape index (κ2) is 31.9. The van der Waals surface area contributed by atoms with Gasteiger partial charge in [0.25, 0.3) is 0 Å². The highest BCUT2D eigenvalue weighted by atomic mass is 16.7. The number of aliphatic hydroxyl groups is 5. The van der Waals surface area contributed by atoms with Gasteiger partial charge in [-0.25, -0.2) is 0 Å². The third-order valence-electron chi connectivity index (χ3n) is 10.2. The predicted octanol–water partition coefficient (Wildman–Crippen LogP) is 7.61. The van der Waals surface area contributed by atoms with Gasteiger partial charge in [0.15, 0.2) is 6.29 Å².